The zero-order valence-electron chi connectivity index (χ0n) is 10.9. The third kappa shape index (κ3) is 2.92. The van der Waals surface area contributed by atoms with Crippen molar-refractivity contribution >= 4 is 5.91 Å². The van der Waals surface area contributed by atoms with Crippen LogP contribution < -0.4 is 11.1 Å². The van der Waals surface area contributed by atoms with Gasteiger partial charge in [-0.2, -0.15) is 0 Å². The molecule has 1 aromatic carbocycles. The number of halogens is 2. The summed E-state index contributed by atoms with van der Waals surface area (Å²) in [5, 5.41) is 2.73. The van der Waals surface area contributed by atoms with Gasteiger partial charge in [0.25, 0.3) is 0 Å². The molecule has 1 aromatic rings. The highest BCUT2D eigenvalue weighted by Gasteiger charge is 2.40. The number of carbonyl (C=O) groups is 1. The summed E-state index contributed by atoms with van der Waals surface area (Å²) in [5.74, 6) is -1.41. The maximum atomic E-state index is 13.5. The second-order valence-corrected chi connectivity index (χ2v) is 5.29. The van der Waals surface area contributed by atoms with E-state index in [9.17, 15) is 13.6 Å². The molecule has 3 nitrogen and oxygen atoms in total. The van der Waals surface area contributed by atoms with Crippen LogP contribution >= 0.6 is 0 Å². The number of amides is 1. The first-order valence-electron chi connectivity index (χ1n) is 6.45. The van der Waals surface area contributed by atoms with E-state index >= 15 is 0 Å². The minimum Gasteiger partial charge on any atom is -0.352 e. The third-order valence-electron chi connectivity index (χ3n) is 3.65. The van der Waals surface area contributed by atoms with Gasteiger partial charge in [-0.05, 0) is 44.7 Å². The molecular weight excluding hydrogens is 250 g/mol. The molecule has 0 saturated heterocycles. The molecule has 1 fully saturated rings. The van der Waals surface area contributed by atoms with Gasteiger partial charge in [0, 0.05) is 11.6 Å². The molecule has 5 heteroatoms. The Kier molecular flexibility index (Phi) is 3.85. The van der Waals surface area contributed by atoms with Crippen LogP contribution in [0.15, 0.2) is 18.2 Å². The largest absolute Gasteiger partial charge is 0.352 e. The highest BCUT2D eigenvalue weighted by molar-refractivity contribution is 5.87. The zero-order valence-corrected chi connectivity index (χ0v) is 10.9. The van der Waals surface area contributed by atoms with Gasteiger partial charge in [0.15, 0.2) is 0 Å². The molecule has 19 heavy (non-hydrogen) atoms. The quantitative estimate of drug-likeness (QED) is 0.876. The van der Waals surface area contributed by atoms with Crippen LogP contribution in [0, 0.1) is 11.6 Å². The Labute approximate surface area is 111 Å². The summed E-state index contributed by atoms with van der Waals surface area (Å²) in [4.78, 5) is 11.9. The van der Waals surface area contributed by atoms with Gasteiger partial charge >= 0.3 is 0 Å². The summed E-state index contributed by atoms with van der Waals surface area (Å²) in [6, 6.07) is 3.38. The number of hydrogen-bond acceptors (Lipinski definition) is 2. The summed E-state index contributed by atoms with van der Waals surface area (Å²) >= 11 is 0. The molecule has 0 bridgehead atoms. The maximum Gasteiger partial charge on any atom is 0.240 e. The van der Waals surface area contributed by atoms with Crippen LogP contribution in [-0.2, 0) is 11.2 Å². The summed E-state index contributed by atoms with van der Waals surface area (Å²) in [6.45, 7) is 1.71. The maximum absolute atomic E-state index is 13.5. The molecule has 3 N–H and O–H groups in total. The highest BCUT2D eigenvalue weighted by Crippen LogP contribution is 2.29. The molecule has 1 aliphatic rings. The number of benzene rings is 1. The van der Waals surface area contributed by atoms with Crippen LogP contribution in [0.3, 0.4) is 0 Å². The molecule has 0 aliphatic heterocycles. The fourth-order valence-electron chi connectivity index (χ4n) is 2.24. The van der Waals surface area contributed by atoms with Crippen molar-refractivity contribution in [2.45, 2.75) is 44.2 Å². The molecular formula is C14H18F2N2O. The first-order valence-corrected chi connectivity index (χ1v) is 6.45. The van der Waals surface area contributed by atoms with Gasteiger partial charge in [-0.15, -0.1) is 0 Å². The standard InChI is InChI=1S/C14H18F2N2O/c1-9(18-13(19)14(17)6-3-7-14)8-10-11(15)4-2-5-12(10)16/h2,4-5,9H,3,6-8,17H2,1H3,(H,18,19). The van der Waals surface area contributed by atoms with E-state index in [1.54, 1.807) is 6.92 Å². The Balaban J connectivity index is 1.98. The van der Waals surface area contributed by atoms with E-state index < -0.39 is 17.2 Å². The van der Waals surface area contributed by atoms with Crippen LogP contribution in [0.5, 0.6) is 0 Å². The van der Waals surface area contributed by atoms with E-state index in [1.165, 1.54) is 18.2 Å². The van der Waals surface area contributed by atoms with Crippen LogP contribution in [-0.4, -0.2) is 17.5 Å². The van der Waals surface area contributed by atoms with Crippen LogP contribution in [0.25, 0.3) is 0 Å². The predicted molar refractivity (Wildman–Crippen MR) is 68.4 cm³/mol. The first-order chi connectivity index (χ1) is 8.92. The molecule has 104 valence electrons. The lowest BCUT2D eigenvalue weighted by Crippen LogP contribution is -2.60. The van der Waals surface area contributed by atoms with Crippen molar-refractivity contribution in [3.8, 4) is 0 Å². The lowest BCUT2D eigenvalue weighted by molar-refractivity contribution is -0.129. The van der Waals surface area contributed by atoms with Gasteiger partial charge in [0.05, 0.1) is 5.54 Å². The minimum atomic E-state index is -0.790. The summed E-state index contributed by atoms with van der Waals surface area (Å²) < 4.78 is 27.0. The van der Waals surface area contributed by atoms with E-state index in [1.807, 2.05) is 0 Å². The van der Waals surface area contributed by atoms with Crippen molar-refractivity contribution in [3.05, 3.63) is 35.4 Å². The normalized spacial score (nSPS) is 18.5. The second-order valence-electron chi connectivity index (χ2n) is 5.29. The third-order valence-corrected chi connectivity index (χ3v) is 3.65. The van der Waals surface area contributed by atoms with E-state index in [4.69, 9.17) is 5.73 Å². The van der Waals surface area contributed by atoms with Crippen molar-refractivity contribution in [1.82, 2.24) is 5.32 Å². The molecule has 1 amide bonds. The van der Waals surface area contributed by atoms with Gasteiger partial charge in [-0.25, -0.2) is 8.78 Å². The topological polar surface area (TPSA) is 55.1 Å². The number of nitrogens with one attached hydrogen (secondary N) is 1. The van der Waals surface area contributed by atoms with Gasteiger partial charge in [-0.1, -0.05) is 6.07 Å². The average Bonchev–Trinajstić information content (AvgIpc) is 2.31. The Hall–Kier alpha value is -1.49. The molecule has 1 aliphatic carbocycles. The minimum absolute atomic E-state index is 0.00465. The van der Waals surface area contributed by atoms with Crippen molar-refractivity contribution in [3.63, 3.8) is 0 Å². The van der Waals surface area contributed by atoms with Crippen LogP contribution in [0.2, 0.25) is 0 Å². The highest BCUT2D eigenvalue weighted by atomic mass is 19.1. The number of carbonyl (C=O) groups excluding carboxylic acids is 1. The van der Waals surface area contributed by atoms with E-state index in [0.29, 0.717) is 12.8 Å². The van der Waals surface area contributed by atoms with Crippen LogP contribution in [0.4, 0.5) is 8.78 Å². The van der Waals surface area contributed by atoms with Gasteiger partial charge in [0.2, 0.25) is 5.91 Å². The Morgan fingerprint density at radius 3 is 2.47 bits per heavy atom. The monoisotopic (exact) mass is 268 g/mol. The fraction of sp³-hybridized carbons (Fsp3) is 0.500. The molecule has 0 radical (unpaired) electrons. The number of nitrogens with two attached hydrogens (primary N) is 1. The van der Waals surface area contributed by atoms with Gasteiger partial charge in [0.1, 0.15) is 11.6 Å². The Morgan fingerprint density at radius 2 is 2.00 bits per heavy atom. The zero-order chi connectivity index (χ0) is 14.0. The fourth-order valence-corrected chi connectivity index (χ4v) is 2.24. The molecule has 1 atom stereocenters. The summed E-state index contributed by atoms with van der Waals surface area (Å²) in [6.07, 6.45) is 2.39. The Morgan fingerprint density at radius 1 is 1.42 bits per heavy atom. The van der Waals surface area contributed by atoms with E-state index in [2.05, 4.69) is 5.32 Å². The molecule has 1 unspecified atom stereocenters. The van der Waals surface area contributed by atoms with Gasteiger partial charge in [-0.3, -0.25) is 4.79 Å². The molecule has 0 heterocycles. The average molecular weight is 268 g/mol. The summed E-state index contributed by atoms with van der Waals surface area (Å²) in [5.41, 5.74) is 5.09. The van der Waals surface area contributed by atoms with Crippen molar-refractivity contribution in [2.75, 3.05) is 0 Å². The second kappa shape index (κ2) is 5.25. The molecule has 0 spiro atoms. The van der Waals surface area contributed by atoms with Crippen molar-refractivity contribution in [1.29, 1.82) is 0 Å². The van der Waals surface area contributed by atoms with E-state index in [-0.39, 0.29) is 23.9 Å². The SMILES string of the molecule is CC(Cc1c(F)cccc1F)NC(=O)C1(N)CCC1. The van der Waals surface area contributed by atoms with Crippen LogP contribution in [0.1, 0.15) is 31.7 Å². The van der Waals surface area contributed by atoms with Crippen molar-refractivity contribution < 1.29 is 13.6 Å². The number of rotatable bonds is 4. The van der Waals surface area contributed by atoms with Crippen molar-refractivity contribution in [2.24, 2.45) is 5.73 Å². The lowest BCUT2D eigenvalue weighted by atomic mass is 9.77. The van der Waals surface area contributed by atoms with E-state index in [0.717, 1.165) is 6.42 Å². The number of hydrogen-bond donors (Lipinski definition) is 2. The molecule has 1 saturated carbocycles. The first kappa shape index (κ1) is 13.9. The smallest absolute Gasteiger partial charge is 0.240 e. The Bertz CT molecular complexity index is 466. The predicted octanol–water partition coefficient (Wildman–Crippen LogP) is 1.89. The lowest BCUT2D eigenvalue weighted by Gasteiger charge is -2.37. The van der Waals surface area contributed by atoms with Gasteiger partial charge < -0.3 is 11.1 Å². The molecule has 0 aromatic heterocycles. The summed E-state index contributed by atoms with van der Waals surface area (Å²) in [7, 11) is 0. The molecule has 2 rings (SSSR count).